The van der Waals surface area contributed by atoms with Crippen molar-refractivity contribution in [1.29, 1.82) is 0 Å². The van der Waals surface area contributed by atoms with E-state index in [1.165, 1.54) is 19.3 Å². The van der Waals surface area contributed by atoms with E-state index < -0.39 is 0 Å². The summed E-state index contributed by atoms with van der Waals surface area (Å²) >= 11 is 0. The van der Waals surface area contributed by atoms with E-state index in [0.29, 0.717) is 0 Å². The van der Waals surface area contributed by atoms with Gasteiger partial charge in [0.05, 0.1) is 6.54 Å². The molecule has 0 rings (SSSR count). The van der Waals surface area contributed by atoms with Crippen molar-refractivity contribution >= 4 is 0 Å². The highest BCUT2D eigenvalue weighted by Gasteiger charge is 1.77. The first-order valence-electron chi connectivity index (χ1n) is 2.71. The third-order valence-corrected chi connectivity index (χ3v) is 0.854. The van der Waals surface area contributed by atoms with Crippen LogP contribution in [0.25, 0.3) is 0 Å². The fraction of sp³-hybridized carbons (Fsp3) is 1.00. The van der Waals surface area contributed by atoms with E-state index >= 15 is 0 Å². The molecule has 1 nitrogen and oxygen atoms in total. The summed E-state index contributed by atoms with van der Waals surface area (Å²) in [6.45, 7) is 3.31. The summed E-state index contributed by atoms with van der Waals surface area (Å²) in [6.07, 6.45) is 3.97. The molecular formula is C5H14FN. The van der Waals surface area contributed by atoms with Crippen molar-refractivity contribution in [2.24, 2.45) is 0 Å². The Kier molecular flexibility index (Phi) is 13.3. The molecule has 0 spiro atoms. The van der Waals surface area contributed by atoms with E-state index in [2.05, 4.69) is 12.7 Å². The molecule has 46 valence electrons. The molecule has 0 aliphatic carbocycles. The minimum Gasteiger partial charge on any atom is -1.00 e. The molecule has 0 amide bonds. The lowest BCUT2D eigenvalue weighted by atomic mass is 10.3. The lowest BCUT2D eigenvalue weighted by molar-refractivity contribution is -0.368. The van der Waals surface area contributed by atoms with Gasteiger partial charge in [-0.1, -0.05) is 13.3 Å². The minimum absolute atomic E-state index is 0. The predicted octanol–water partition coefficient (Wildman–Crippen LogP) is -2.58. The molecule has 0 aromatic carbocycles. The van der Waals surface area contributed by atoms with Crippen molar-refractivity contribution < 1.29 is 10.4 Å². The van der Waals surface area contributed by atoms with Gasteiger partial charge in [0.1, 0.15) is 0 Å². The molecule has 0 aromatic heterocycles. The van der Waals surface area contributed by atoms with Gasteiger partial charge < -0.3 is 10.4 Å². The van der Waals surface area contributed by atoms with Gasteiger partial charge in [0.15, 0.2) is 0 Å². The molecule has 7 heavy (non-hydrogen) atoms. The fourth-order valence-electron chi connectivity index (χ4n) is 0.427. The molecular weight excluding hydrogens is 93.1 g/mol. The van der Waals surface area contributed by atoms with Crippen LogP contribution in [0.2, 0.25) is 0 Å². The number of quaternary nitrogens is 1. The normalized spacial score (nSPS) is 7.71. The molecule has 0 saturated heterocycles. The lowest BCUT2D eigenvalue weighted by Crippen LogP contribution is -3.00. The second-order valence-electron chi connectivity index (χ2n) is 1.56. The van der Waals surface area contributed by atoms with Gasteiger partial charge in [-0.2, -0.15) is 0 Å². The summed E-state index contributed by atoms with van der Waals surface area (Å²) in [5, 5.41) is 0. The van der Waals surface area contributed by atoms with E-state index in [1.807, 2.05) is 0 Å². The van der Waals surface area contributed by atoms with Gasteiger partial charge in [0, 0.05) is 0 Å². The molecule has 0 heterocycles. The topological polar surface area (TPSA) is 27.6 Å². The quantitative estimate of drug-likeness (QED) is 0.384. The highest BCUT2D eigenvalue weighted by Crippen LogP contribution is 1.87. The Bertz CT molecular complexity index is 20.0. The maximum atomic E-state index is 3.72. The first-order valence-corrected chi connectivity index (χ1v) is 2.71. The summed E-state index contributed by atoms with van der Waals surface area (Å²) < 4.78 is 0. The number of unbranched alkanes of at least 4 members (excludes halogenated alkanes) is 2. The largest absolute Gasteiger partial charge is 1.00 e. The molecule has 0 aromatic rings. The first kappa shape index (κ1) is 10.00. The Morgan fingerprint density at radius 3 is 2.00 bits per heavy atom. The molecule has 0 saturated carbocycles. The molecule has 0 aliphatic heterocycles. The zero-order chi connectivity index (χ0) is 4.83. The van der Waals surface area contributed by atoms with Crippen LogP contribution in [0.1, 0.15) is 26.2 Å². The summed E-state index contributed by atoms with van der Waals surface area (Å²) in [5.74, 6) is 0. The Balaban J connectivity index is 0. The van der Waals surface area contributed by atoms with E-state index in [0.717, 1.165) is 6.54 Å². The lowest BCUT2D eigenvalue weighted by Gasteiger charge is -1.84. The summed E-state index contributed by atoms with van der Waals surface area (Å²) in [4.78, 5) is 0. The van der Waals surface area contributed by atoms with Crippen molar-refractivity contribution in [2.75, 3.05) is 6.54 Å². The Hall–Kier alpha value is -0.110. The Labute approximate surface area is 44.3 Å². The summed E-state index contributed by atoms with van der Waals surface area (Å²) in [5.41, 5.74) is 3.72. The average Bonchev–Trinajstić information content (AvgIpc) is 1.61. The number of hydrogen-bond acceptors (Lipinski definition) is 0. The van der Waals surface area contributed by atoms with E-state index in [4.69, 9.17) is 0 Å². The van der Waals surface area contributed by atoms with Crippen LogP contribution in [-0.2, 0) is 0 Å². The number of halogens is 1. The van der Waals surface area contributed by atoms with Crippen LogP contribution >= 0.6 is 0 Å². The van der Waals surface area contributed by atoms with Gasteiger partial charge in [-0.25, -0.2) is 0 Å². The Morgan fingerprint density at radius 1 is 1.29 bits per heavy atom. The van der Waals surface area contributed by atoms with E-state index in [1.54, 1.807) is 0 Å². The van der Waals surface area contributed by atoms with Gasteiger partial charge in [-0.05, 0) is 12.8 Å². The second kappa shape index (κ2) is 9.31. The summed E-state index contributed by atoms with van der Waals surface area (Å²) in [6, 6.07) is 0. The zero-order valence-corrected chi connectivity index (χ0v) is 4.91. The molecule has 0 aliphatic rings. The van der Waals surface area contributed by atoms with Crippen LogP contribution in [0.4, 0.5) is 0 Å². The highest BCUT2D eigenvalue weighted by atomic mass is 19.0. The van der Waals surface area contributed by atoms with Crippen LogP contribution in [0, 0.1) is 0 Å². The van der Waals surface area contributed by atoms with Crippen LogP contribution in [0.5, 0.6) is 0 Å². The van der Waals surface area contributed by atoms with Crippen LogP contribution < -0.4 is 10.4 Å². The third kappa shape index (κ3) is 10.7. The molecule has 0 bridgehead atoms. The van der Waals surface area contributed by atoms with Crippen molar-refractivity contribution in [3.8, 4) is 0 Å². The number of rotatable bonds is 3. The van der Waals surface area contributed by atoms with Crippen molar-refractivity contribution in [3.63, 3.8) is 0 Å². The van der Waals surface area contributed by atoms with Gasteiger partial charge >= 0.3 is 0 Å². The second-order valence-corrected chi connectivity index (χ2v) is 1.56. The van der Waals surface area contributed by atoms with Gasteiger partial charge in [0.25, 0.3) is 0 Å². The third-order valence-electron chi connectivity index (χ3n) is 0.854. The number of hydrogen-bond donors (Lipinski definition) is 1. The van der Waals surface area contributed by atoms with Crippen LogP contribution in [0.3, 0.4) is 0 Å². The monoisotopic (exact) mass is 107 g/mol. The first-order chi connectivity index (χ1) is 2.91. The standard InChI is InChI=1S/C5H13N.FH/c1-2-3-4-5-6;/h2-6H2,1H3;1H. The molecule has 0 fully saturated rings. The van der Waals surface area contributed by atoms with Crippen LogP contribution in [-0.4, -0.2) is 6.54 Å². The zero-order valence-electron chi connectivity index (χ0n) is 4.91. The van der Waals surface area contributed by atoms with E-state index in [9.17, 15) is 0 Å². The molecule has 3 N–H and O–H groups in total. The van der Waals surface area contributed by atoms with E-state index in [-0.39, 0.29) is 4.70 Å². The maximum Gasteiger partial charge on any atom is 0.0739 e. The van der Waals surface area contributed by atoms with Gasteiger partial charge in [0.2, 0.25) is 0 Å². The summed E-state index contributed by atoms with van der Waals surface area (Å²) in [7, 11) is 0. The van der Waals surface area contributed by atoms with Crippen molar-refractivity contribution in [3.05, 3.63) is 0 Å². The minimum atomic E-state index is 0. The highest BCUT2D eigenvalue weighted by molar-refractivity contribution is 4.29. The fourth-order valence-corrected chi connectivity index (χ4v) is 0.427. The smallest absolute Gasteiger partial charge is 0.0739 e. The van der Waals surface area contributed by atoms with Gasteiger partial charge in [-0.3, -0.25) is 0 Å². The van der Waals surface area contributed by atoms with Crippen molar-refractivity contribution in [1.82, 2.24) is 0 Å². The maximum absolute atomic E-state index is 3.72. The molecule has 2 heteroatoms. The van der Waals surface area contributed by atoms with Crippen LogP contribution in [0.15, 0.2) is 0 Å². The molecule has 0 unspecified atom stereocenters. The van der Waals surface area contributed by atoms with Gasteiger partial charge in [-0.15, -0.1) is 0 Å². The molecule has 0 atom stereocenters. The predicted molar refractivity (Wildman–Crippen MR) is 27.3 cm³/mol. The molecule has 0 radical (unpaired) electrons. The SMILES string of the molecule is CCCCC[NH3+].[F-]. The van der Waals surface area contributed by atoms with Crippen molar-refractivity contribution in [2.45, 2.75) is 26.2 Å². The Morgan fingerprint density at radius 2 is 1.86 bits per heavy atom. The average molecular weight is 107 g/mol.